The van der Waals surface area contributed by atoms with Crippen LogP contribution in [0.3, 0.4) is 0 Å². The maximum atomic E-state index is 12.0. The topological polar surface area (TPSA) is 62.0 Å². The first-order chi connectivity index (χ1) is 10.3. The highest BCUT2D eigenvalue weighted by atomic mass is 16.2. The Kier molecular flexibility index (Phi) is 4.50. The van der Waals surface area contributed by atoms with E-state index in [1.165, 1.54) is 12.5 Å². The highest BCUT2D eigenvalue weighted by molar-refractivity contribution is 5.99. The van der Waals surface area contributed by atoms with E-state index in [2.05, 4.69) is 43.2 Å². The zero-order valence-corrected chi connectivity index (χ0v) is 13.5. The molecule has 116 valence electrons. The molecule has 0 radical (unpaired) electrons. The smallest absolute Gasteiger partial charge is 0.267 e. The fraction of sp³-hybridized carbons (Fsp3) is 0.333. The molecule has 0 aliphatic carbocycles. The Morgan fingerprint density at radius 2 is 1.77 bits per heavy atom. The van der Waals surface area contributed by atoms with Gasteiger partial charge in [0.1, 0.15) is 5.69 Å². The van der Waals surface area contributed by atoms with Crippen LogP contribution >= 0.6 is 0 Å². The third-order valence-corrected chi connectivity index (χ3v) is 3.61. The first-order valence-electron chi connectivity index (χ1n) is 7.34. The molecule has 0 unspecified atom stereocenters. The molecule has 0 spiro atoms. The van der Waals surface area contributed by atoms with Crippen LogP contribution < -0.4 is 5.32 Å². The van der Waals surface area contributed by atoms with Crippen LogP contribution in [0.1, 0.15) is 59.7 Å². The average molecular weight is 298 g/mol. The minimum absolute atomic E-state index is 0.0620. The van der Waals surface area contributed by atoms with Crippen molar-refractivity contribution in [2.45, 2.75) is 39.7 Å². The summed E-state index contributed by atoms with van der Waals surface area (Å²) >= 11 is 0. The maximum Gasteiger partial charge on any atom is 0.267 e. The molecule has 0 bridgehead atoms. The first kappa shape index (κ1) is 16.0. The molecule has 0 aliphatic heterocycles. The van der Waals surface area contributed by atoms with Crippen molar-refractivity contribution in [3.8, 4) is 0 Å². The average Bonchev–Trinajstić information content (AvgIpc) is 2.94. The van der Waals surface area contributed by atoms with Crippen LogP contribution in [0.2, 0.25) is 0 Å². The molecule has 2 rings (SSSR count). The fourth-order valence-corrected chi connectivity index (χ4v) is 2.13. The second-order valence-corrected chi connectivity index (χ2v) is 6.49. The van der Waals surface area contributed by atoms with Crippen molar-refractivity contribution in [2.75, 3.05) is 0 Å². The lowest BCUT2D eigenvalue weighted by Gasteiger charge is -2.19. The molecule has 0 saturated heterocycles. The summed E-state index contributed by atoms with van der Waals surface area (Å²) in [5.41, 5.74) is 3.34. The number of carbonyl (C=O) groups excluding carboxylic acids is 2. The second-order valence-electron chi connectivity index (χ2n) is 6.49. The van der Waals surface area contributed by atoms with Gasteiger partial charge in [-0.25, -0.2) is 0 Å². The van der Waals surface area contributed by atoms with E-state index >= 15 is 0 Å². The van der Waals surface area contributed by atoms with E-state index < -0.39 is 0 Å². The van der Waals surface area contributed by atoms with E-state index in [0.29, 0.717) is 17.8 Å². The summed E-state index contributed by atoms with van der Waals surface area (Å²) in [6.07, 6.45) is 1.55. The van der Waals surface area contributed by atoms with Gasteiger partial charge in [0.25, 0.3) is 5.91 Å². The van der Waals surface area contributed by atoms with Gasteiger partial charge in [0.15, 0.2) is 5.78 Å². The molecule has 4 heteroatoms. The van der Waals surface area contributed by atoms with Gasteiger partial charge in [-0.15, -0.1) is 0 Å². The number of hydrogen-bond donors (Lipinski definition) is 2. The lowest BCUT2D eigenvalue weighted by Crippen LogP contribution is -2.23. The van der Waals surface area contributed by atoms with E-state index in [1.54, 1.807) is 12.3 Å². The molecule has 2 N–H and O–H groups in total. The molecule has 1 aromatic carbocycles. The molecule has 22 heavy (non-hydrogen) atoms. The third kappa shape index (κ3) is 3.85. The van der Waals surface area contributed by atoms with E-state index in [-0.39, 0.29) is 17.1 Å². The Hall–Kier alpha value is -2.36. The Morgan fingerprint density at radius 3 is 2.27 bits per heavy atom. The van der Waals surface area contributed by atoms with Gasteiger partial charge in [-0.3, -0.25) is 9.59 Å². The molecule has 1 heterocycles. The van der Waals surface area contributed by atoms with Gasteiger partial charge in [-0.1, -0.05) is 45.0 Å². The number of aromatic amines is 1. The molecular weight excluding hydrogens is 276 g/mol. The van der Waals surface area contributed by atoms with Crippen molar-refractivity contribution < 1.29 is 9.59 Å². The number of H-pyrrole nitrogens is 1. The number of carbonyl (C=O) groups is 2. The quantitative estimate of drug-likeness (QED) is 0.849. The van der Waals surface area contributed by atoms with Crippen LogP contribution in [-0.4, -0.2) is 16.7 Å². The van der Waals surface area contributed by atoms with E-state index in [0.717, 1.165) is 5.56 Å². The summed E-state index contributed by atoms with van der Waals surface area (Å²) in [5, 5.41) is 2.84. The van der Waals surface area contributed by atoms with Crippen molar-refractivity contribution in [2.24, 2.45) is 0 Å². The molecule has 1 aromatic heterocycles. The summed E-state index contributed by atoms with van der Waals surface area (Å²) in [7, 11) is 0. The highest BCUT2D eigenvalue weighted by Gasteiger charge is 2.13. The first-order valence-corrected chi connectivity index (χ1v) is 7.34. The molecule has 2 aromatic rings. The standard InChI is InChI=1S/C18H22N2O2/c1-12(21)14-9-16(19-11-14)17(22)20-10-13-5-7-15(8-6-13)18(2,3)4/h5-9,11,19H,10H2,1-4H3,(H,20,22). The third-order valence-electron chi connectivity index (χ3n) is 3.61. The van der Waals surface area contributed by atoms with E-state index in [9.17, 15) is 9.59 Å². The van der Waals surface area contributed by atoms with Crippen molar-refractivity contribution in [3.63, 3.8) is 0 Å². The molecule has 4 nitrogen and oxygen atoms in total. The summed E-state index contributed by atoms with van der Waals surface area (Å²) < 4.78 is 0. The Morgan fingerprint density at radius 1 is 1.14 bits per heavy atom. The molecule has 0 fully saturated rings. The largest absolute Gasteiger partial charge is 0.356 e. The van der Waals surface area contributed by atoms with Crippen LogP contribution in [0.15, 0.2) is 36.5 Å². The van der Waals surface area contributed by atoms with Crippen molar-refractivity contribution in [3.05, 3.63) is 58.9 Å². The van der Waals surface area contributed by atoms with Crippen LogP contribution in [-0.2, 0) is 12.0 Å². The number of ketones is 1. The molecule has 1 amide bonds. The van der Waals surface area contributed by atoms with Gasteiger partial charge < -0.3 is 10.3 Å². The summed E-state index contributed by atoms with van der Waals surface area (Å²) in [6, 6.07) is 9.79. The Balaban J connectivity index is 1.97. The van der Waals surface area contributed by atoms with E-state index in [1.807, 2.05) is 12.1 Å². The summed E-state index contributed by atoms with van der Waals surface area (Å²) in [6.45, 7) is 8.43. The molecule has 0 atom stereocenters. The zero-order chi connectivity index (χ0) is 16.3. The minimum atomic E-state index is -0.215. The lowest BCUT2D eigenvalue weighted by atomic mass is 9.87. The fourth-order valence-electron chi connectivity index (χ4n) is 2.13. The molecule has 0 saturated carbocycles. The van der Waals surface area contributed by atoms with Gasteiger partial charge in [0.2, 0.25) is 0 Å². The van der Waals surface area contributed by atoms with Gasteiger partial charge in [-0.2, -0.15) is 0 Å². The normalized spacial score (nSPS) is 11.3. The Labute approximate surface area is 130 Å². The van der Waals surface area contributed by atoms with Crippen LogP contribution in [0.25, 0.3) is 0 Å². The molecule has 0 aliphatic rings. The number of hydrogen-bond acceptors (Lipinski definition) is 2. The number of rotatable bonds is 4. The van der Waals surface area contributed by atoms with Crippen LogP contribution in [0.4, 0.5) is 0 Å². The van der Waals surface area contributed by atoms with Crippen LogP contribution in [0.5, 0.6) is 0 Å². The van der Waals surface area contributed by atoms with Gasteiger partial charge in [0.05, 0.1) is 0 Å². The number of Topliss-reactive ketones (excluding diaryl/α,β-unsaturated/α-hetero) is 1. The van der Waals surface area contributed by atoms with Crippen molar-refractivity contribution in [1.29, 1.82) is 0 Å². The van der Waals surface area contributed by atoms with Crippen molar-refractivity contribution in [1.82, 2.24) is 10.3 Å². The summed E-state index contributed by atoms with van der Waals surface area (Å²) in [4.78, 5) is 26.1. The summed E-state index contributed by atoms with van der Waals surface area (Å²) in [5.74, 6) is -0.277. The number of aromatic nitrogens is 1. The SMILES string of the molecule is CC(=O)c1c[nH]c(C(=O)NCc2ccc(C(C)(C)C)cc2)c1. The predicted octanol–water partition coefficient (Wildman–Crippen LogP) is 3.44. The highest BCUT2D eigenvalue weighted by Crippen LogP contribution is 2.22. The van der Waals surface area contributed by atoms with Gasteiger partial charge in [-0.05, 0) is 29.5 Å². The Bertz CT molecular complexity index is 676. The lowest BCUT2D eigenvalue weighted by molar-refractivity contribution is 0.0946. The second kappa shape index (κ2) is 6.18. The number of amides is 1. The van der Waals surface area contributed by atoms with Gasteiger partial charge in [0, 0.05) is 18.3 Å². The number of benzene rings is 1. The minimum Gasteiger partial charge on any atom is -0.356 e. The van der Waals surface area contributed by atoms with Gasteiger partial charge >= 0.3 is 0 Å². The predicted molar refractivity (Wildman–Crippen MR) is 87.1 cm³/mol. The number of nitrogens with one attached hydrogen (secondary N) is 2. The maximum absolute atomic E-state index is 12.0. The monoisotopic (exact) mass is 298 g/mol. The van der Waals surface area contributed by atoms with Crippen molar-refractivity contribution >= 4 is 11.7 Å². The van der Waals surface area contributed by atoms with E-state index in [4.69, 9.17) is 0 Å². The zero-order valence-electron chi connectivity index (χ0n) is 13.5. The molecular formula is C18H22N2O2. The van der Waals surface area contributed by atoms with Crippen LogP contribution in [0, 0.1) is 0 Å².